The lowest BCUT2D eigenvalue weighted by atomic mass is 10.2. The third-order valence-electron chi connectivity index (χ3n) is 2.73. The molecule has 5 heteroatoms. The van der Waals surface area contributed by atoms with Crippen molar-refractivity contribution in [2.24, 2.45) is 0 Å². The van der Waals surface area contributed by atoms with Crippen LogP contribution in [0.1, 0.15) is 36.3 Å². The lowest BCUT2D eigenvalue weighted by molar-refractivity contribution is 0.603. The average molecular weight is 262 g/mol. The van der Waals surface area contributed by atoms with Gasteiger partial charge in [0.25, 0.3) is 0 Å². The van der Waals surface area contributed by atoms with E-state index in [0.29, 0.717) is 6.04 Å². The lowest BCUT2D eigenvalue weighted by Gasteiger charge is -2.09. The molecule has 2 aromatic heterocycles. The number of aryl methyl sites for hydroxylation is 2. The zero-order valence-electron chi connectivity index (χ0n) is 11.2. The number of rotatable bonds is 4. The van der Waals surface area contributed by atoms with E-state index in [1.807, 2.05) is 13.0 Å². The first-order valence-electron chi connectivity index (χ1n) is 6.12. The first-order valence-corrected chi connectivity index (χ1v) is 6.94. The molecule has 0 aliphatic carbocycles. The summed E-state index contributed by atoms with van der Waals surface area (Å²) in [5.41, 5.74) is 1.99. The maximum Gasteiger partial charge on any atom is 0.142 e. The van der Waals surface area contributed by atoms with Crippen LogP contribution in [-0.2, 0) is 0 Å². The van der Waals surface area contributed by atoms with Crippen LogP contribution in [0, 0.1) is 13.8 Å². The van der Waals surface area contributed by atoms with Crippen molar-refractivity contribution < 1.29 is 0 Å². The minimum Gasteiger partial charge on any atom is -0.310 e. The summed E-state index contributed by atoms with van der Waals surface area (Å²) >= 11 is 1.71. The number of hydrogen-bond acceptors (Lipinski definition) is 5. The Hall–Kier alpha value is -1.33. The monoisotopic (exact) mass is 262 g/mol. The van der Waals surface area contributed by atoms with Crippen LogP contribution in [0.5, 0.6) is 0 Å². The zero-order valence-corrected chi connectivity index (χ0v) is 12.0. The molecule has 1 unspecified atom stereocenters. The molecule has 2 aromatic rings. The van der Waals surface area contributed by atoms with Gasteiger partial charge in [-0.25, -0.2) is 15.0 Å². The van der Waals surface area contributed by atoms with Gasteiger partial charge < -0.3 is 5.32 Å². The molecule has 2 heterocycles. The third-order valence-corrected chi connectivity index (χ3v) is 4.09. The summed E-state index contributed by atoms with van der Waals surface area (Å²) in [5, 5.41) is 4.39. The second kappa shape index (κ2) is 5.54. The van der Waals surface area contributed by atoms with E-state index >= 15 is 0 Å². The predicted octanol–water partition coefficient (Wildman–Crippen LogP) is 2.89. The predicted molar refractivity (Wildman–Crippen MR) is 74.7 cm³/mol. The highest BCUT2D eigenvalue weighted by Crippen LogP contribution is 2.30. The van der Waals surface area contributed by atoms with Gasteiger partial charge in [0, 0.05) is 17.1 Å². The topological polar surface area (TPSA) is 50.7 Å². The Morgan fingerprint density at radius 3 is 2.78 bits per heavy atom. The number of nitrogens with one attached hydrogen (secondary N) is 1. The molecule has 1 atom stereocenters. The molecule has 0 aliphatic rings. The molecule has 2 rings (SSSR count). The summed E-state index contributed by atoms with van der Waals surface area (Å²) in [7, 11) is 0. The second-order valence-corrected chi connectivity index (χ2v) is 5.27. The fraction of sp³-hybridized carbons (Fsp3) is 0.462. The SMILES string of the molecule is CCNC(C)c1sc(-c2ccnc(C)n2)nc1C. The van der Waals surface area contributed by atoms with Crippen molar-refractivity contribution in [1.82, 2.24) is 20.3 Å². The number of aromatic nitrogens is 3. The van der Waals surface area contributed by atoms with Gasteiger partial charge >= 0.3 is 0 Å². The Labute approximate surface area is 112 Å². The molecular weight excluding hydrogens is 244 g/mol. The van der Waals surface area contributed by atoms with Crippen molar-refractivity contribution in [2.45, 2.75) is 33.7 Å². The Bertz CT molecular complexity index is 536. The maximum atomic E-state index is 4.61. The van der Waals surface area contributed by atoms with E-state index in [-0.39, 0.29) is 0 Å². The summed E-state index contributed by atoms with van der Waals surface area (Å²) < 4.78 is 0. The Balaban J connectivity index is 2.34. The van der Waals surface area contributed by atoms with Crippen LogP contribution in [0.2, 0.25) is 0 Å². The summed E-state index contributed by atoms with van der Waals surface area (Å²) in [4.78, 5) is 14.4. The largest absolute Gasteiger partial charge is 0.310 e. The van der Waals surface area contributed by atoms with Crippen LogP contribution in [0.15, 0.2) is 12.3 Å². The number of thiazole rings is 1. The molecule has 0 aromatic carbocycles. The molecule has 1 N–H and O–H groups in total. The Kier molecular flexibility index (Phi) is 4.04. The number of nitrogens with zero attached hydrogens (tertiary/aromatic N) is 3. The van der Waals surface area contributed by atoms with Crippen LogP contribution in [0.3, 0.4) is 0 Å². The van der Waals surface area contributed by atoms with Gasteiger partial charge in [0.1, 0.15) is 16.5 Å². The second-order valence-electron chi connectivity index (χ2n) is 4.24. The smallest absolute Gasteiger partial charge is 0.142 e. The highest BCUT2D eigenvalue weighted by molar-refractivity contribution is 7.15. The molecule has 0 spiro atoms. The van der Waals surface area contributed by atoms with E-state index in [1.54, 1.807) is 17.5 Å². The van der Waals surface area contributed by atoms with Crippen LogP contribution in [0.25, 0.3) is 10.7 Å². The molecule has 96 valence electrons. The van der Waals surface area contributed by atoms with E-state index in [2.05, 4.69) is 41.0 Å². The van der Waals surface area contributed by atoms with Crippen molar-refractivity contribution in [3.8, 4) is 10.7 Å². The van der Waals surface area contributed by atoms with Gasteiger partial charge in [0.15, 0.2) is 0 Å². The van der Waals surface area contributed by atoms with Crippen molar-refractivity contribution in [3.63, 3.8) is 0 Å². The standard InChI is InChI=1S/C13H18N4S/c1-5-14-8(2)12-9(3)16-13(18-12)11-6-7-15-10(4)17-11/h6-8,14H,5H2,1-4H3. The highest BCUT2D eigenvalue weighted by atomic mass is 32.1. The van der Waals surface area contributed by atoms with Crippen molar-refractivity contribution in [2.75, 3.05) is 6.54 Å². The van der Waals surface area contributed by atoms with Crippen LogP contribution in [0.4, 0.5) is 0 Å². The zero-order chi connectivity index (χ0) is 13.1. The molecule has 4 nitrogen and oxygen atoms in total. The molecule has 0 fully saturated rings. The van der Waals surface area contributed by atoms with Gasteiger partial charge in [-0.2, -0.15) is 0 Å². The van der Waals surface area contributed by atoms with Gasteiger partial charge in [-0.3, -0.25) is 0 Å². The molecule has 18 heavy (non-hydrogen) atoms. The summed E-state index contributed by atoms with van der Waals surface area (Å²) in [6, 6.07) is 2.25. The van der Waals surface area contributed by atoms with Crippen LogP contribution in [-0.4, -0.2) is 21.5 Å². The maximum absolute atomic E-state index is 4.61. The first kappa shape index (κ1) is 13.1. The fourth-order valence-corrected chi connectivity index (χ4v) is 2.96. The third kappa shape index (κ3) is 2.73. The summed E-state index contributed by atoms with van der Waals surface area (Å²) in [6.45, 7) is 9.18. The molecule has 0 bridgehead atoms. The molecule has 0 amide bonds. The van der Waals surface area contributed by atoms with Gasteiger partial charge in [-0.1, -0.05) is 6.92 Å². The Morgan fingerprint density at radius 1 is 1.33 bits per heavy atom. The minimum atomic E-state index is 0.337. The Morgan fingerprint density at radius 2 is 2.11 bits per heavy atom. The van der Waals surface area contributed by atoms with E-state index in [0.717, 1.165) is 28.8 Å². The molecule has 0 saturated heterocycles. The van der Waals surface area contributed by atoms with E-state index in [4.69, 9.17) is 0 Å². The van der Waals surface area contributed by atoms with Gasteiger partial charge in [-0.15, -0.1) is 11.3 Å². The normalized spacial score (nSPS) is 12.7. The van der Waals surface area contributed by atoms with Crippen molar-refractivity contribution in [3.05, 3.63) is 28.7 Å². The molecule has 0 radical (unpaired) electrons. The first-order chi connectivity index (χ1) is 8.61. The van der Waals surface area contributed by atoms with E-state index in [1.165, 1.54) is 4.88 Å². The van der Waals surface area contributed by atoms with Crippen LogP contribution < -0.4 is 5.32 Å². The molecule has 0 saturated carbocycles. The van der Waals surface area contributed by atoms with Crippen LogP contribution >= 0.6 is 11.3 Å². The van der Waals surface area contributed by atoms with Gasteiger partial charge in [0.05, 0.1) is 5.69 Å². The number of hydrogen-bond donors (Lipinski definition) is 1. The van der Waals surface area contributed by atoms with E-state index < -0.39 is 0 Å². The summed E-state index contributed by atoms with van der Waals surface area (Å²) in [6.07, 6.45) is 1.78. The lowest BCUT2D eigenvalue weighted by Crippen LogP contribution is -2.17. The van der Waals surface area contributed by atoms with Gasteiger partial charge in [-0.05, 0) is 33.4 Å². The minimum absolute atomic E-state index is 0.337. The fourth-order valence-electron chi connectivity index (χ4n) is 1.89. The van der Waals surface area contributed by atoms with E-state index in [9.17, 15) is 0 Å². The quantitative estimate of drug-likeness (QED) is 0.920. The van der Waals surface area contributed by atoms with Crippen molar-refractivity contribution >= 4 is 11.3 Å². The van der Waals surface area contributed by atoms with Gasteiger partial charge in [0.2, 0.25) is 0 Å². The molecule has 0 aliphatic heterocycles. The van der Waals surface area contributed by atoms with Crippen molar-refractivity contribution in [1.29, 1.82) is 0 Å². The average Bonchev–Trinajstić information content (AvgIpc) is 2.72. The highest BCUT2D eigenvalue weighted by Gasteiger charge is 2.15. The molecular formula is C13H18N4S. The summed E-state index contributed by atoms with van der Waals surface area (Å²) in [5.74, 6) is 0.779.